The molecule has 3 saturated heterocycles. The van der Waals surface area contributed by atoms with E-state index in [1.54, 1.807) is 12.5 Å². The zero-order valence-electron chi connectivity index (χ0n) is 10.7. The van der Waals surface area contributed by atoms with Crippen molar-refractivity contribution < 1.29 is 8.83 Å². The molecule has 0 unspecified atom stereocenters. The van der Waals surface area contributed by atoms with Crippen molar-refractivity contribution in [2.75, 3.05) is 31.1 Å². The minimum Gasteiger partial charge on any atom is -0.472 e. The first-order valence-electron chi connectivity index (χ1n) is 6.75. The van der Waals surface area contributed by atoms with E-state index in [9.17, 15) is 0 Å². The predicted octanol–water partition coefficient (Wildman–Crippen LogP) is 1.61. The van der Waals surface area contributed by atoms with Crippen LogP contribution >= 0.6 is 0 Å². The molecule has 3 aliphatic heterocycles. The Morgan fingerprint density at radius 1 is 1.11 bits per heavy atom. The van der Waals surface area contributed by atoms with Gasteiger partial charge in [0.15, 0.2) is 0 Å². The van der Waals surface area contributed by atoms with E-state index in [4.69, 9.17) is 8.83 Å². The monoisotopic (exact) mass is 260 g/mol. The predicted molar refractivity (Wildman–Crippen MR) is 68.8 cm³/mol. The van der Waals surface area contributed by atoms with Crippen LogP contribution in [0.15, 0.2) is 27.4 Å². The molecule has 0 saturated carbocycles. The summed E-state index contributed by atoms with van der Waals surface area (Å²) in [5.74, 6) is 0.530. The molecule has 2 aromatic heterocycles. The molecule has 0 aliphatic carbocycles. The molecule has 6 heteroatoms. The second kappa shape index (κ2) is 4.38. The summed E-state index contributed by atoms with van der Waals surface area (Å²) in [5, 5.41) is 8.32. The number of aromatic nitrogens is 2. The highest BCUT2D eigenvalue weighted by Crippen LogP contribution is 2.28. The second-order valence-corrected chi connectivity index (χ2v) is 5.17. The van der Waals surface area contributed by atoms with Crippen molar-refractivity contribution in [1.82, 2.24) is 15.1 Å². The van der Waals surface area contributed by atoms with Crippen LogP contribution in [0.4, 0.5) is 6.01 Å². The first-order valence-corrected chi connectivity index (χ1v) is 6.75. The molecule has 6 nitrogen and oxygen atoms in total. The van der Waals surface area contributed by atoms with Gasteiger partial charge >= 0.3 is 6.01 Å². The SMILES string of the molecule is c1cc(-c2nnc(N3CCN4CCC3CC4)o2)co1. The van der Waals surface area contributed by atoms with Crippen molar-refractivity contribution in [2.45, 2.75) is 18.9 Å². The van der Waals surface area contributed by atoms with Crippen LogP contribution in [0.3, 0.4) is 0 Å². The zero-order chi connectivity index (χ0) is 12.7. The lowest BCUT2D eigenvalue weighted by Gasteiger charge is -2.29. The van der Waals surface area contributed by atoms with Gasteiger partial charge in [-0.15, -0.1) is 5.10 Å². The van der Waals surface area contributed by atoms with Crippen LogP contribution in [0.2, 0.25) is 0 Å². The third-order valence-corrected chi connectivity index (χ3v) is 4.08. The third-order valence-electron chi connectivity index (χ3n) is 4.08. The van der Waals surface area contributed by atoms with Crippen LogP contribution in [-0.4, -0.2) is 47.3 Å². The maximum atomic E-state index is 5.80. The number of hydrogen-bond donors (Lipinski definition) is 0. The Labute approximate surface area is 111 Å². The molecule has 3 aliphatic rings. The molecule has 5 rings (SSSR count). The minimum absolute atomic E-state index is 0.530. The normalized spacial score (nSPS) is 26.6. The van der Waals surface area contributed by atoms with Crippen LogP contribution in [-0.2, 0) is 0 Å². The van der Waals surface area contributed by atoms with E-state index in [1.165, 1.54) is 25.9 Å². The summed E-state index contributed by atoms with van der Waals surface area (Å²) < 4.78 is 10.8. The standard InChI is InChI=1S/C13H16N4O2/c1-4-16-5-2-11(1)17(7-6-16)13-15-14-12(19-13)10-3-8-18-9-10/h3,8-9,11H,1-2,4-7H2. The molecular weight excluding hydrogens is 244 g/mol. The smallest absolute Gasteiger partial charge is 0.318 e. The molecule has 0 atom stereocenters. The van der Waals surface area contributed by atoms with Gasteiger partial charge in [-0.2, -0.15) is 0 Å². The van der Waals surface area contributed by atoms with Crippen molar-refractivity contribution in [3.8, 4) is 11.5 Å². The molecule has 2 aromatic rings. The van der Waals surface area contributed by atoms with Gasteiger partial charge < -0.3 is 18.6 Å². The van der Waals surface area contributed by atoms with Crippen LogP contribution in [0.25, 0.3) is 11.5 Å². The number of piperidine rings is 1. The fraction of sp³-hybridized carbons (Fsp3) is 0.538. The third kappa shape index (κ3) is 1.92. The highest BCUT2D eigenvalue weighted by molar-refractivity contribution is 5.51. The van der Waals surface area contributed by atoms with Gasteiger partial charge in [-0.1, -0.05) is 5.10 Å². The fourth-order valence-electron chi connectivity index (χ4n) is 2.97. The highest BCUT2D eigenvalue weighted by Gasteiger charge is 2.31. The largest absolute Gasteiger partial charge is 0.472 e. The number of anilines is 1. The summed E-state index contributed by atoms with van der Waals surface area (Å²) in [6, 6.07) is 3.01. The quantitative estimate of drug-likeness (QED) is 0.817. The molecule has 2 bridgehead atoms. The first kappa shape index (κ1) is 11.0. The lowest BCUT2D eigenvalue weighted by atomic mass is 10.1. The summed E-state index contributed by atoms with van der Waals surface area (Å²) in [5.41, 5.74) is 0.835. The lowest BCUT2D eigenvalue weighted by molar-refractivity contribution is 0.249. The second-order valence-electron chi connectivity index (χ2n) is 5.17. The number of rotatable bonds is 2. The van der Waals surface area contributed by atoms with Gasteiger partial charge in [-0.3, -0.25) is 0 Å². The highest BCUT2D eigenvalue weighted by atomic mass is 16.4. The van der Waals surface area contributed by atoms with Gasteiger partial charge in [0, 0.05) is 32.2 Å². The Kier molecular flexibility index (Phi) is 2.55. The van der Waals surface area contributed by atoms with E-state index < -0.39 is 0 Å². The van der Waals surface area contributed by atoms with Crippen molar-refractivity contribution in [3.05, 3.63) is 18.6 Å². The van der Waals surface area contributed by atoms with Crippen molar-refractivity contribution in [1.29, 1.82) is 0 Å². The molecule has 19 heavy (non-hydrogen) atoms. The van der Waals surface area contributed by atoms with Gasteiger partial charge in [0.25, 0.3) is 5.89 Å². The average Bonchev–Trinajstić information content (AvgIpc) is 3.05. The van der Waals surface area contributed by atoms with E-state index in [0.29, 0.717) is 17.9 Å². The molecule has 5 heterocycles. The number of hydrogen-bond acceptors (Lipinski definition) is 6. The van der Waals surface area contributed by atoms with Gasteiger partial charge in [0.05, 0.1) is 11.8 Å². The maximum Gasteiger partial charge on any atom is 0.318 e. The fourth-order valence-corrected chi connectivity index (χ4v) is 2.97. The minimum atomic E-state index is 0.530. The Morgan fingerprint density at radius 2 is 2.00 bits per heavy atom. The van der Waals surface area contributed by atoms with Crippen molar-refractivity contribution >= 4 is 6.01 Å². The van der Waals surface area contributed by atoms with E-state index in [-0.39, 0.29) is 0 Å². The van der Waals surface area contributed by atoms with E-state index in [2.05, 4.69) is 20.0 Å². The van der Waals surface area contributed by atoms with Gasteiger partial charge in [0.1, 0.15) is 6.26 Å². The Bertz CT molecular complexity index is 543. The molecule has 3 fully saturated rings. The summed E-state index contributed by atoms with van der Waals surface area (Å²) in [4.78, 5) is 4.77. The Hall–Kier alpha value is -1.82. The molecule has 0 radical (unpaired) electrons. The molecule has 0 N–H and O–H groups in total. The number of fused-ring (bicyclic) bond motifs is 4. The molecule has 100 valence electrons. The van der Waals surface area contributed by atoms with Gasteiger partial charge in [-0.05, 0) is 18.9 Å². The van der Waals surface area contributed by atoms with E-state index >= 15 is 0 Å². The number of nitrogens with zero attached hydrogens (tertiary/aromatic N) is 4. The molecule has 0 amide bonds. The summed E-state index contributed by atoms with van der Waals surface area (Å²) in [7, 11) is 0. The Morgan fingerprint density at radius 3 is 2.79 bits per heavy atom. The molecule has 0 aromatic carbocycles. The lowest BCUT2D eigenvalue weighted by Crippen LogP contribution is -2.38. The van der Waals surface area contributed by atoms with Crippen LogP contribution in [0.5, 0.6) is 0 Å². The van der Waals surface area contributed by atoms with Crippen LogP contribution < -0.4 is 4.90 Å². The van der Waals surface area contributed by atoms with E-state index in [1.807, 2.05) is 6.07 Å². The van der Waals surface area contributed by atoms with Crippen molar-refractivity contribution in [3.63, 3.8) is 0 Å². The number of furan rings is 1. The summed E-state index contributed by atoms with van der Waals surface area (Å²) >= 11 is 0. The van der Waals surface area contributed by atoms with Crippen LogP contribution in [0.1, 0.15) is 12.8 Å². The molecular formula is C13H16N4O2. The van der Waals surface area contributed by atoms with Gasteiger partial charge in [0.2, 0.25) is 0 Å². The topological polar surface area (TPSA) is 58.5 Å². The van der Waals surface area contributed by atoms with Gasteiger partial charge in [-0.25, -0.2) is 0 Å². The van der Waals surface area contributed by atoms with Crippen molar-refractivity contribution in [2.24, 2.45) is 0 Å². The van der Waals surface area contributed by atoms with Crippen LogP contribution in [0, 0.1) is 0 Å². The van der Waals surface area contributed by atoms with E-state index in [0.717, 1.165) is 18.7 Å². The summed E-state index contributed by atoms with van der Waals surface area (Å²) in [6.07, 6.45) is 5.60. The first-order chi connectivity index (χ1) is 9.40. The molecule has 0 spiro atoms. The average molecular weight is 260 g/mol. The summed E-state index contributed by atoms with van der Waals surface area (Å²) in [6.45, 7) is 4.42. The Balaban J connectivity index is 1.62. The maximum absolute atomic E-state index is 5.80. The zero-order valence-corrected chi connectivity index (χ0v) is 10.7.